The molecule has 4 nitrogen and oxygen atoms in total. The van der Waals surface area contributed by atoms with E-state index in [9.17, 15) is 4.79 Å². The van der Waals surface area contributed by atoms with Crippen LogP contribution in [-0.2, 0) is 4.74 Å². The van der Waals surface area contributed by atoms with Gasteiger partial charge in [0.1, 0.15) is 0 Å². The van der Waals surface area contributed by atoms with Gasteiger partial charge in [0.05, 0.1) is 0 Å². The fraction of sp³-hybridized carbons (Fsp3) is 0.800. The first-order chi connectivity index (χ1) is 9.25. The first kappa shape index (κ1) is 14.4. The Hall–Kier alpha value is -1.03. The first-order valence-corrected chi connectivity index (χ1v) is 7.47. The van der Waals surface area contributed by atoms with E-state index in [1.807, 2.05) is 11.9 Å². The molecule has 1 aliphatic carbocycles. The van der Waals surface area contributed by atoms with Crippen LogP contribution in [0.2, 0.25) is 0 Å². The van der Waals surface area contributed by atoms with Gasteiger partial charge in [0, 0.05) is 33.4 Å². The maximum Gasteiger partial charge on any atom is 0.317 e. The van der Waals surface area contributed by atoms with Crippen LogP contribution in [0.15, 0.2) is 12.2 Å². The van der Waals surface area contributed by atoms with Crippen molar-refractivity contribution in [3.05, 3.63) is 12.2 Å². The third-order valence-electron chi connectivity index (χ3n) is 4.14. The highest BCUT2D eigenvalue weighted by molar-refractivity contribution is 5.73. The van der Waals surface area contributed by atoms with Crippen molar-refractivity contribution in [2.45, 2.75) is 32.1 Å². The van der Waals surface area contributed by atoms with Gasteiger partial charge in [0.25, 0.3) is 0 Å². The van der Waals surface area contributed by atoms with Gasteiger partial charge in [-0.15, -0.1) is 0 Å². The van der Waals surface area contributed by atoms with E-state index in [1.165, 1.54) is 6.42 Å². The van der Waals surface area contributed by atoms with Gasteiger partial charge >= 0.3 is 6.03 Å². The minimum absolute atomic E-state index is 0.0704. The standard InChI is InChI=1S/C15H26N2O2/c1-17(12-14-7-9-19-10-8-14)15(18)16-11-13-5-3-2-4-6-13/h2-3,13-14H,4-12H2,1H3,(H,16,18). The number of hydrogen-bond donors (Lipinski definition) is 1. The summed E-state index contributed by atoms with van der Waals surface area (Å²) in [6.45, 7) is 3.34. The van der Waals surface area contributed by atoms with Crippen molar-refractivity contribution in [3.8, 4) is 0 Å². The van der Waals surface area contributed by atoms with E-state index in [2.05, 4.69) is 17.5 Å². The lowest BCUT2D eigenvalue weighted by Gasteiger charge is -2.28. The zero-order chi connectivity index (χ0) is 13.5. The van der Waals surface area contributed by atoms with Crippen LogP contribution in [0.3, 0.4) is 0 Å². The number of allylic oxidation sites excluding steroid dienone is 2. The largest absolute Gasteiger partial charge is 0.381 e. The van der Waals surface area contributed by atoms with Crippen molar-refractivity contribution in [2.75, 3.05) is 33.4 Å². The number of hydrogen-bond acceptors (Lipinski definition) is 2. The summed E-state index contributed by atoms with van der Waals surface area (Å²) >= 11 is 0. The van der Waals surface area contributed by atoms with Gasteiger partial charge in [0.2, 0.25) is 0 Å². The second kappa shape index (κ2) is 7.53. The molecular weight excluding hydrogens is 240 g/mol. The van der Waals surface area contributed by atoms with Crippen LogP contribution in [0, 0.1) is 11.8 Å². The number of nitrogens with zero attached hydrogens (tertiary/aromatic N) is 1. The molecule has 108 valence electrons. The Morgan fingerprint density at radius 3 is 2.74 bits per heavy atom. The molecule has 1 saturated heterocycles. The molecule has 0 spiro atoms. The summed E-state index contributed by atoms with van der Waals surface area (Å²) in [5.74, 6) is 1.22. The van der Waals surface area contributed by atoms with Crippen molar-refractivity contribution in [1.29, 1.82) is 0 Å². The molecule has 0 radical (unpaired) electrons. The van der Waals surface area contributed by atoms with Crippen molar-refractivity contribution in [1.82, 2.24) is 10.2 Å². The highest BCUT2D eigenvalue weighted by Gasteiger charge is 2.19. The van der Waals surface area contributed by atoms with Crippen molar-refractivity contribution in [2.24, 2.45) is 11.8 Å². The maximum atomic E-state index is 12.0. The van der Waals surface area contributed by atoms with E-state index in [0.29, 0.717) is 11.8 Å². The summed E-state index contributed by atoms with van der Waals surface area (Å²) in [4.78, 5) is 13.9. The molecule has 0 aromatic rings. The summed E-state index contributed by atoms with van der Waals surface area (Å²) in [5.41, 5.74) is 0. The molecule has 1 heterocycles. The van der Waals surface area contributed by atoms with Crippen LogP contribution in [0.1, 0.15) is 32.1 Å². The minimum Gasteiger partial charge on any atom is -0.381 e. The Morgan fingerprint density at radius 1 is 1.26 bits per heavy atom. The Morgan fingerprint density at radius 2 is 2.05 bits per heavy atom. The third-order valence-corrected chi connectivity index (χ3v) is 4.14. The lowest BCUT2D eigenvalue weighted by Crippen LogP contribution is -2.42. The van der Waals surface area contributed by atoms with Gasteiger partial charge in [0.15, 0.2) is 0 Å². The van der Waals surface area contributed by atoms with Crippen molar-refractivity contribution in [3.63, 3.8) is 0 Å². The average molecular weight is 266 g/mol. The number of rotatable bonds is 4. The number of carbonyl (C=O) groups is 1. The van der Waals surface area contributed by atoms with Gasteiger partial charge in [-0.2, -0.15) is 0 Å². The zero-order valence-corrected chi connectivity index (χ0v) is 11.9. The monoisotopic (exact) mass is 266 g/mol. The first-order valence-electron chi connectivity index (χ1n) is 7.47. The number of ether oxygens (including phenoxy) is 1. The summed E-state index contributed by atoms with van der Waals surface area (Å²) in [5, 5.41) is 3.06. The van der Waals surface area contributed by atoms with Gasteiger partial charge < -0.3 is 15.0 Å². The predicted molar refractivity (Wildman–Crippen MR) is 76.1 cm³/mol. The van der Waals surface area contributed by atoms with E-state index in [4.69, 9.17) is 4.74 Å². The van der Waals surface area contributed by atoms with Crippen LogP contribution in [-0.4, -0.2) is 44.3 Å². The van der Waals surface area contributed by atoms with Gasteiger partial charge in [-0.1, -0.05) is 12.2 Å². The minimum atomic E-state index is 0.0704. The van der Waals surface area contributed by atoms with E-state index in [1.54, 1.807) is 0 Å². The lowest BCUT2D eigenvalue weighted by atomic mass is 9.94. The maximum absolute atomic E-state index is 12.0. The summed E-state index contributed by atoms with van der Waals surface area (Å²) in [6.07, 6.45) is 10.1. The number of urea groups is 1. The van der Waals surface area contributed by atoms with Crippen molar-refractivity contribution >= 4 is 6.03 Å². The molecule has 0 saturated carbocycles. The fourth-order valence-electron chi connectivity index (χ4n) is 2.81. The number of amides is 2. The third kappa shape index (κ3) is 4.86. The van der Waals surface area contributed by atoms with Gasteiger partial charge in [-0.25, -0.2) is 4.79 Å². The van der Waals surface area contributed by atoms with Crippen LogP contribution >= 0.6 is 0 Å². The van der Waals surface area contributed by atoms with Gasteiger partial charge in [-0.05, 0) is 43.9 Å². The number of carbonyl (C=O) groups excluding carboxylic acids is 1. The van der Waals surface area contributed by atoms with Crippen LogP contribution < -0.4 is 5.32 Å². The summed E-state index contributed by atoms with van der Waals surface area (Å²) < 4.78 is 5.34. The van der Waals surface area contributed by atoms with E-state index in [-0.39, 0.29) is 6.03 Å². The second-order valence-corrected chi connectivity index (χ2v) is 5.77. The van der Waals surface area contributed by atoms with Crippen LogP contribution in [0.25, 0.3) is 0 Å². The second-order valence-electron chi connectivity index (χ2n) is 5.77. The molecule has 1 N–H and O–H groups in total. The topological polar surface area (TPSA) is 41.6 Å². The Bertz CT molecular complexity index is 311. The summed E-state index contributed by atoms with van der Waals surface area (Å²) in [7, 11) is 1.89. The van der Waals surface area contributed by atoms with Crippen LogP contribution in [0.5, 0.6) is 0 Å². The lowest BCUT2D eigenvalue weighted by molar-refractivity contribution is 0.0586. The molecule has 19 heavy (non-hydrogen) atoms. The van der Waals surface area contributed by atoms with E-state index in [0.717, 1.165) is 52.0 Å². The normalized spacial score (nSPS) is 24.2. The van der Waals surface area contributed by atoms with Crippen molar-refractivity contribution < 1.29 is 9.53 Å². The molecule has 0 aromatic carbocycles. The predicted octanol–water partition coefficient (Wildman–Crippen LogP) is 2.41. The molecule has 1 fully saturated rings. The molecule has 0 bridgehead atoms. The molecular formula is C15H26N2O2. The molecule has 2 aliphatic rings. The van der Waals surface area contributed by atoms with Crippen LogP contribution in [0.4, 0.5) is 4.79 Å². The number of nitrogens with one attached hydrogen (secondary N) is 1. The Balaban J connectivity index is 1.65. The molecule has 2 rings (SSSR count). The SMILES string of the molecule is CN(CC1CCOCC1)C(=O)NCC1CC=CCC1. The zero-order valence-electron chi connectivity index (χ0n) is 11.9. The quantitative estimate of drug-likeness (QED) is 0.794. The molecule has 1 unspecified atom stereocenters. The van der Waals surface area contributed by atoms with E-state index < -0.39 is 0 Å². The molecule has 1 aliphatic heterocycles. The smallest absolute Gasteiger partial charge is 0.317 e. The summed E-state index contributed by atoms with van der Waals surface area (Å²) in [6, 6.07) is 0.0704. The molecule has 1 atom stereocenters. The Kier molecular flexibility index (Phi) is 5.70. The average Bonchev–Trinajstić information content (AvgIpc) is 2.47. The highest BCUT2D eigenvalue weighted by atomic mass is 16.5. The molecule has 0 aromatic heterocycles. The fourth-order valence-corrected chi connectivity index (χ4v) is 2.81. The Labute approximate surface area is 116 Å². The molecule has 4 heteroatoms. The van der Waals surface area contributed by atoms with Gasteiger partial charge in [-0.3, -0.25) is 0 Å². The highest BCUT2D eigenvalue weighted by Crippen LogP contribution is 2.17. The molecule has 2 amide bonds. The van der Waals surface area contributed by atoms with E-state index >= 15 is 0 Å².